The molecule has 0 saturated heterocycles. The number of aromatic nitrogens is 4. The summed E-state index contributed by atoms with van der Waals surface area (Å²) in [5, 5.41) is 8.57. The summed E-state index contributed by atoms with van der Waals surface area (Å²) in [6.07, 6.45) is 3.20. The number of nitrogens with zero attached hydrogens (tertiary/aromatic N) is 4. The second kappa shape index (κ2) is 6.20. The Kier molecular flexibility index (Phi) is 3.74. The molecule has 0 saturated carbocycles. The first-order chi connectivity index (χ1) is 12.3. The third kappa shape index (κ3) is 2.65. The first-order valence-corrected chi connectivity index (χ1v) is 8.00. The fourth-order valence-corrected chi connectivity index (χ4v) is 2.96. The summed E-state index contributed by atoms with van der Waals surface area (Å²) in [4.78, 5) is 12.9. The predicted octanol–water partition coefficient (Wildman–Crippen LogP) is 4.24. The van der Waals surface area contributed by atoms with Crippen LogP contribution in [0.4, 0.5) is 4.79 Å². The zero-order chi connectivity index (χ0) is 17.2. The molecule has 0 spiro atoms. The molecule has 0 bridgehead atoms. The number of rotatable bonds is 2. The Labute approximate surface area is 145 Å². The van der Waals surface area contributed by atoms with Crippen molar-refractivity contribution in [1.29, 1.82) is 0 Å². The van der Waals surface area contributed by atoms with Crippen LogP contribution < -0.4 is 0 Å². The number of hydrogen-bond donors (Lipinski definition) is 0. The molecule has 0 atom stereocenters. The van der Waals surface area contributed by atoms with Crippen molar-refractivity contribution in [3.05, 3.63) is 84.8 Å². The average Bonchev–Trinajstić information content (AvgIpc) is 3.30. The van der Waals surface area contributed by atoms with E-state index in [0.717, 1.165) is 28.1 Å². The molecule has 0 aliphatic carbocycles. The zero-order valence-electron chi connectivity index (χ0n) is 13.7. The summed E-state index contributed by atoms with van der Waals surface area (Å²) in [5.41, 5.74) is 4.48. The molecule has 4 rings (SSSR count). The minimum absolute atomic E-state index is 0.311. The van der Waals surface area contributed by atoms with E-state index in [-0.39, 0.29) is 6.03 Å². The molecular weight excluding hydrogens is 312 g/mol. The van der Waals surface area contributed by atoms with Crippen LogP contribution in [0.5, 0.6) is 0 Å². The van der Waals surface area contributed by atoms with Crippen LogP contribution in [-0.2, 0) is 0 Å². The van der Waals surface area contributed by atoms with Gasteiger partial charge in [0.05, 0.1) is 11.4 Å². The Morgan fingerprint density at radius 3 is 2.12 bits per heavy atom. The lowest BCUT2D eigenvalue weighted by atomic mass is 9.99. The topological polar surface area (TPSA) is 52.7 Å². The number of carbonyl (C=O) groups excluding carboxylic acids is 1. The maximum Gasteiger partial charge on any atom is 0.369 e. The van der Waals surface area contributed by atoms with Crippen molar-refractivity contribution in [2.75, 3.05) is 0 Å². The van der Waals surface area contributed by atoms with E-state index in [1.165, 1.54) is 9.36 Å². The second-order valence-corrected chi connectivity index (χ2v) is 5.69. The van der Waals surface area contributed by atoms with Crippen molar-refractivity contribution in [2.24, 2.45) is 0 Å². The Bertz CT molecular complexity index is 1000. The summed E-state index contributed by atoms with van der Waals surface area (Å²) in [5.74, 6) is 0. The van der Waals surface area contributed by atoms with Crippen LogP contribution in [0.15, 0.2) is 79.1 Å². The van der Waals surface area contributed by atoms with Gasteiger partial charge < -0.3 is 0 Å². The molecule has 0 amide bonds. The van der Waals surface area contributed by atoms with E-state index < -0.39 is 0 Å². The summed E-state index contributed by atoms with van der Waals surface area (Å²) < 4.78 is 2.72. The van der Waals surface area contributed by atoms with E-state index in [1.807, 2.05) is 67.6 Å². The Balaban J connectivity index is 1.98. The van der Waals surface area contributed by atoms with Gasteiger partial charge in [-0.3, -0.25) is 0 Å². The van der Waals surface area contributed by atoms with Gasteiger partial charge in [-0.1, -0.05) is 60.7 Å². The van der Waals surface area contributed by atoms with Crippen LogP contribution in [0.25, 0.3) is 22.4 Å². The van der Waals surface area contributed by atoms with E-state index in [0.29, 0.717) is 0 Å². The SMILES string of the molecule is Cc1nn(C(=O)n2cccn2)c(-c2ccccc2)c1-c1ccccc1. The second-order valence-electron chi connectivity index (χ2n) is 5.69. The van der Waals surface area contributed by atoms with E-state index in [4.69, 9.17) is 0 Å². The van der Waals surface area contributed by atoms with Crippen molar-refractivity contribution in [3.63, 3.8) is 0 Å². The van der Waals surface area contributed by atoms with Gasteiger partial charge in [-0.15, -0.1) is 0 Å². The molecule has 4 aromatic rings. The summed E-state index contributed by atoms with van der Waals surface area (Å²) in [6, 6.07) is 21.2. The van der Waals surface area contributed by atoms with E-state index in [2.05, 4.69) is 10.2 Å². The fourth-order valence-electron chi connectivity index (χ4n) is 2.96. The molecule has 0 aliphatic rings. The highest BCUT2D eigenvalue weighted by atomic mass is 16.2. The standard InChI is InChI=1S/C20H16N4O/c1-15-18(16-9-4-2-5-10-16)19(17-11-6-3-7-12-17)24(22-15)20(25)23-14-8-13-21-23/h2-14H,1H3. The Morgan fingerprint density at radius 1 is 0.880 bits per heavy atom. The van der Waals surface area contributed by atoms with Gasteiger partial charge in [0.15, 0.2) is 0 Å². The molecular formula is C20H16N4O. The van der Waals surface area contributed by atoms with Crippen molar-refractivity contribution in [3.8, 4) is 22.4 Å². The van der Waals surface area contributed by atoms with Crippen molar-refractivity contribution in [1.82, 2.24) is 19.6 Å². The molecule has 0 N–H and O–H groups in total. The van der Waals surface area contributed by atoms with Gasteiger partial charge in [0.2, 0.25) is 0 Å². The molecule has 0 aliphatic heterocycles. The normalized spacial score (nSPS) is 10.8. The van der Waals surface area contributed by atoms with Crippen LogP contribution in [0.3, 0.4) is 0 Å². The predicted molar refractivity (Wildman–Crippen MR) is 96.3 cm³/mol. The first kappa shape index (κ1) is 15.1. The lowest BCUT2D eigenvalue weighted by Gasteiger charge is -2.09. The molecule has 2 aromatic heterocycles. The number of carbonyl (C=O) groups is 1. The summed E-state index contributed by atoms with van der Waals surface area (Å²) in [7, 11) is 0. The quantitative estimate of drug-likeness (QED) is 0.553. The minimum atomic E-state index is -0.311. The molecule has 5 nitrogen and oxygen atoms in total. The highest BCUT2D eigenvalue weighted by Crippen LogP contribution is 2.34. The van der Waals surface area contributed by atoms with Crippen LogP contribution in [0, 0.1) is 6.92 Å². The summed E-state index contributed by atoms with van der Waals surface area (Å²) >= 11 is 0. The number of hydrogen-bond acceptors (Lipinski definition) is 3. The minimum Gasteiger partial charge on any atom is -0.244 e. The number of aryl methyl sites for hydroxylation is 1. The highest BCUT2D eigenvalue weighted by Gasteiger charge is 2.23. The first-order valence-electron chi connectivity index (χ1n) is 8.00. The van der Waals surface area contributed by atoms with Gasteiger partial charge >= 0.3 is 6.03 Å². The molecule has 122 valence electrons. The van der Waals surface area contributed by atoms with Crippen LogP contribution in [0.2, 0.25) is 0 Å². The number of benzene rings is 2. The smallest absolute Gasteiger partial charge is 0.244 e. The van der Waals surface area contributed by atoms with Gasteiger partial charge in [-0.25, -0.2) is 4.79 Å². The van der Waals surface area contributed by atoms with Crippen LogP contribution in [0.1, 0.15) is 5.69 Å². The molecule has 0 fully saturated rings. The van der Waals surface area contributed by atoms with E-state index in [9.17, 15) is 4.79 Å². The van der Waals surface area contributed by atoms with Gasteiger partial charge in [0, 0.05) is 23.5 Å². The maximum absolute atomic E-state index is 12.9. The monoisotopic (exact) mass is 328 g/mol. The van der Waals surface area contributed by atoms with Gasteiger partial charge in [0.25, 0.3) is 0 Å². The molecule has 0 unspecified atom stereocenters. The highest BCUT2D eigenvalue weighted by molar-refractivity contribution is 5.91. The average molecular weight is 328 g/mol. The molecule has 25 heavy (non-hydrogen) atoms. The lowest BCUT2D eigenvalue weighted by molar-refractivity contribution is 0.238. The molecule has 2 aromatic carbocycles. The Hall–Kier alpha value is -3.47. The molecule has 0 radical (unpaired) electrons. The third-order valence-electron chi connectivity index (χ3n) is 4.05. The largest absolute Gasteiger partial charge is 0.369 e. The van der Waals surface area contributed by atoms with Crippen molar-refractivity contribution in [2.45, 2.75) is 6.92 Å². The zero-order valence-corrected chi connectivity index (χ0v) is 13.7. The molecule has 2 heterocycles. The van der Waals surface area contributed by atoms with Gasteiger partial charge in [-0.2, -0.15) is 19.6 Å². The molecule has 5 heteroatoms. The van der Waals surface area contributed by atoms with Crippen molar-refractivity contribution >= 4 is 6.03 Å². The lowest BCUT2D eigenvalue weighted by Crippen LogP contribution is -2.22. The van der Waals surface area contributed by atoms with Crippen molar-refractivity contribution < 1.29 is 4.79 Å². The van der Waals surface area contributed by atoms with E-state index >= 15 is 0 Å². The van der Waals surface area contributed by atoms with E-state index in [1.54, 1.807) is 18.5 Å². The van der Waals surface area contributed by atoms with Crippen LogP contribution >= 0.6 is 0 Å². The maximum atomic E-state index is 12.9. The van der Waals surface area contributed by atoms with Gasteiger partial charge in [0.1, 0.15) is 0 Å². The van der Waals surface area contributed by atoms with Crippen LogP contribution in [-0.4, -0.2) is 25.6 Å². The third-order valence-corrected chi connectivity index (χ3v) is 4.05. The summed E-state index contributed by atoms with van der Waals surface area (Å²) in [6.45, 7) is 1.92. The Morgan fingerprint density at radius 2 is 1.52 bits per heavy atom. The fraction of sp³-hybridized carbons (Fsp3) is 0.0500. The van der Waals surface area contributed by atoms with Gasteiger partial charge in [-0.05, 0) is 18.6 Å².